The van der Waals surface area contributed by atoms with Crippen LogP contribution in [0.1, 0.15) is 142 Å². The molecule has 0 aliphatic heterocycles. The van der Waals surface area contributed by atoms with Crippen LogP contribution in [-0.4, -0.2) is 59.3 Å². The zero-order valence-electron chi connectivity index (χ0n) is 30.4. The van der Waals surface area contributed by atoms with Gasteiger partial charge in [0.25, 0.3) is 0 Å². The summed E-state index contributed by atoms with van der Waals surface area (Å²) in [5, 5.41) is 22.4. The van der Waals surface area contributed by atoms with E-state index in [1.54, 1.807) is 0 Å². The molecule has 49 heavy (non-hydrogen) atoms. The van der Waals surface area contributed by atoms with Gasteiger partial charge in [0.05, 0.1) is 13.2 Å². The van der Waals surface area contributed by atoms with Crippen LogP contribution in [0.2, 0.25) is 0 Å². The number of carboxylic acid groups (broad SMARTS) is 1. The molecule has 0 aromatic carbocycles. The minimum atomic E-state index is -1.39. The number of carboxylic acids is 1. The van der Waals surface area contributed by atoms with E-state index in [4.69, 9.17) is 14.9 Å². The lowest BCUT2D eigenvalue weighted by atomic mass is 10.1. The summed E-state index contributed by atoms with van der Waals surface area (Å²) in [5.41, 5.74) is 0. The van der Waals surface area contributed by atoms with Crippen LogP contribution < -0.4 is 10.6 Å². The van der Waals surface area contributed by atoms with Gasteiger partial charge in [-0.25, -0.2) is 4.79 Å². The molecule has 9 heteroatoms. The van der Waals surface area contributed by atoms with Crippen LogP contribution >= 0.6 is 0 Å². The van der Waals surface area contributed by atoms with Crippen molar-refractivity contribution in [1.82, 2.24) is 10.6 Å². The minimum absolute atomic E-state index is 0.181. The number of aliphatic carboxylic acids is 1. The zero-order valence-corrected chi connectivity index (χ0v) is 30.4. The van der Waals surface area contributed by atoms with E-state index in [1.807, 2.05) is 24.3 Å². The quantitative estimate of drug-likeness (QED) is 0.0318. The van der Waals surface area contributed by atoms with Gasteiger partial charge < -0.3 is 25.6 Å². The van der Waals surface area contributed by atoms with Crippen molar-refractivity contribution in [1.29, 1.82) is 0 Å². The molecule has 0 aliphatic carbocycles. The Morgan fingerprint density at radius 3 is 1.84 bits per heavy atom. The molecule has 2 amide bonds. The monoisotopic (exact) mass is 686 g/mol. The van der Waals surface area contributed by atoms with Crippen molar-refractivity contribution in [2.24, 2.45) is 0 Å². The summed E-state index contributed by atoms with van der Waals surface area (Å²) in [5.74, 6) is -2.50. The van der Waals surface area contributed by atoms with E-state index < -0.39 is 30.6 Å². The van der Waals surface area contributed by atoms with Gasteiger partial charge in [-0.3, -0.25) is 14.4 Å². The number of allylic oxidation sites excluding steroid dienone is 8. The van der Waals surface area contributed by atoms with Crippen LogP contribution in [-0.2, 0) is 23.9 Å². The van der Waals surface area contributed by atoms with Crippen molar-refractivity contribution in [2.45, 2.75) is 154 Å². The third kappa shape index (κ3) is 31.6. The first-order valence-corrected chi connectivity index (χ1v) is 18.7. The van der Waals surface area contributed by atoms with E-state index in [-0.39, 0.29) is 24.8 Å². The molecule has 4 N–H and O–H groups in total. The molecule has 0 aromatic rings. The van der Waals surface area contributed by atoms with Crippen molar-refractivity contribution >= 4 is 23.8 Å². The second-order valence-corrected chi connectivity index (χ2v) is 12.3. The topological polar surface area (TPSA) is 142 Å². The van der Waals surface area contributed by atoms with Gasteiger partial charge in [-0.1, -0.05) is 107 Å². The van der Waals surface area contributed by atoms with Gasteiger partial charge in [-0.05, 0) is 82.8 Å². The van der Waals surface area contributed by atoms with Gasteiger partial charge in [-0.15, -0.1) is 0 Å². The van der Waals surface area contributed by atoms with Gasteiger partial charge in [0, 0.05) is 12.8 Å². The Labute approximate surface area is 296 Å². The molecule has 9 nitrogen and oxygen atoms in total. The number of amides is 2. The molecule has 0 bridgehead atoms. The third-order valence-electron chi connectivity index (χ3n) is 7.71. The second-order valence-electron chi connectivity index (χ2n) is 12.3. The Hall–Kier alpha value is -3.46. The number of ether oxygens (including phenoxy) is 1. The van der Waals surface area contributed by atoms with E-state index in [0.29, 0.717) is 12.8 Å². The SMILES string of the molecule is CC/C=C\C/C=C\C(/C=C\CCCCCC(=O)NCC(=O)NC(CO)C(=O)O)OC(=O)CCCCCCC/C=C\C/C=C\CCCCCC. The van der Waals surface area contributed by atoms with Crippen molar-refractivity contribution in [2.75, 3.05) is 13.2 Å². The number of rotatable bonds is 32. The van der Waals surface area contributed by atoms with Crippen LogP contribution in [0.3, 0.4) is 0 Å². The number of unbranched alkanes of at least 4 members (excludes halogenated alkanes) is 12. The molecule has 0 heterocycles. The smallest absolute Gasteiger partial charge is 0.328 e. The number of aliphatic hydroxyl groups is 1. The largest absolute Gasteiger partial charge is 0.480 e. The summed E-state index contributed by atoms with van der Waals surface area (Å²) in [4.78, 5) is 47.1. The number of carbonyl (C=O) groups is 4. The van der Waals surface area contributed by atoms with Crippen LogP contribution in [0.4, 0.5) is 0 Å². The predicted octanol–water partition coefficient (Wildman–Crippen LogP) is 8.20. The average Bonchev–Trinajstić information content (AvgIpc) is 3.08. The maximum absolute atomic E-state index is 12.5. The maximum Gasteiger partial charge on any atom is 0.328 e. The number of aliphatic hydroxyl groups excluding tert-OH is 1. The van der Waals surface area contributed by atoms with E-state index in [0.717, 1.165) is 64.2 Å². The Kier molecular flexibility index (Phi) is 32.0. The fourth-order valence-corrected chi connectivity index (χ4v) is 4.82. The van der Waals surface area contributed by atoms with Crippen LogP contribution in [0.25, 0.3) is 0 Å². The summed E-state index contributed by atoms with van der Waals surface area (Å²) < 4.78 is 5.75. The highest BCUT2D eigenvalue weighted by atomic mass is 16.5. The van der Waals surface area contributed by atoms with E-state index in [1.165, 1.54) is 44.9 Å². The van der Waals surface area contributed by atoms with Crippen molar-refractivity contribution in [3.63, 3.8) is 0 Å². The standard InChI is InChI=1S/C40H66N2O7/c1-3-5-7-9-10-11-12-13-14-15-16-17-18-19-24-28-32-39(46)49-35(29-25-21-8-6-4-2)30-26-22-20-23-27-31-37(44)41-33-38(45)42-36(34-43)40(47)48/h6,8,11-12,14-15,25-26,29-30,35-36,43H,3-5,7,9-10,13,16-24,27-28,31-34H2,1-2H3,(H,41,44)(H,42,45)(H,47,48)/b8-6-,12-11-,15-14-,29-25-,30-26-. The molecule has 0 aliphatic rings. The fraction of sp³-hybridized carbons (Fsp3) is 0.650. The predicted molar refractivity (Wildman–Crippen MR) is 199 cm³/mol. The van der Waals surface area contributed by atoms with Crippen LogP contribution in [0.15, 0.2) is 60.8 Å². The summed E-state index contributed by atoms with van der Waals surface area (Å²) in [6.07, 6.45) is 40.2. The summed E-state index contributed by atoms with van der Waals surface area (Å²) >= 11 is 0. The number of hydrogen-bond acceptors (Lipinski definition) is 6. The Morgan fingerprint density at radius 2 is 1.18 bits per heavy atom. The molecule has 0 aromatic heterocycles. The second kappa shape index (κ2) is 34.4. The first kappa shape index (κ1) is 45.5. The molecule has 0 saturated carbocycles. The fourth-order valence-electron chi connectivity index (χ4n) is 4.82. The molecular formula is C40H66N2O7. The van der Waals surface area contributed by atoms with E-state index in [9.17, 15) is 19.2 Å². The van der Waals surface area contributed by atoms with Crippen LogP contribution in [0, 0.1) is 0 Å². The van der Waals surface area contributed by atoms with Gasteiger partial charge >= 0.3 is 11.9 Å². The third-order valence-corrected chi connectivity index (χ3v) is 7.71. The van der Waals surface area contributed by atoms with Crippen molar-refractivity contribution in [3.05, 3.63) is 60.8 Å². The maximum atomic E-state index is 12.5. The molecule has 0 fully saturated rings. The molecular weight excluding hydrogens is 620 g/mol. The van der Waals surface area contributed by atoms with Gasteiger partial charge in [-0.2, -0.15) is 0 Å². The number of hydrogen-bond donors (Lipinski definition) is 4. The molecule has 2 unspecified atom stereocenters. The highest BCUT2D eigenvalue weighted by Crippen LogP contribution is 2.11. The number of carbonyl (C=O) groups excluding carboxylic acids is 3. The highest BCUT2D eigenvalue weighted by molar-refractivity contribution is 5.87. The van der Waals surface area contributed by atoms with Gasteiger partial charge in [0.2, 0.25) is 11.8 Å². The first-order chi connectivity index (χ1) is 23.8. The first-order valence-electron chi connectivity index (χ1n) is 18.7. The Bertz CT molecular complexity index is 1020. The highest BCUT2D eigenvalue weighted by Gasteiger charge is 2.18. The van der Waals surface area contributed by atoms with Gasteiger partial charge in [0.1, 0.15) is 12.1 Å². The molecule has 0 radical (unpaired) electrons. The molecule has 278 valence electrons. The Morgan fingerprint density at radius 1 is 0.633 bits per heavy atom. The molecule has 2 atom stereocenters. The lowest BCUT2D eigenvalue weighted by Crippen LogP contribution is -2.47. The summed E-state index contributed by atoms with van der Waals surface area (Å²) in [6.45, 7) is 3.26. The van der Waals surface area contributed by atoms with E-state index >= 15 is 0 Å². The summed E-state index contributed by atoms with van der Waals surface area (Å²) in [7, 11) is 0. The lowest BCUT2D eigenvalue weighted by Gasteiger charge is -2.12. The minimum Gasteiger partial charge on any atom is -0.480 e. The van der Waals surface area contributed by atoms with Crippen LogP contribution in [0.5, 0.6) is 0 Å². The van der Waals surface area contributed by atoms with E-state index in [2.05, 4.69) is 60.9 Å². The van der Waals surface area contributed by atoms with Gasteiger partial charge in [0.15, 0.2) is 0 Å². The van der Waals surface area contributed by atoms with Crippen molar-refractivity contribution in [3.8, 4) is 0 Å². The average molecular weight is 687 g/mol. The number of nitrogens with one attached hydrogen (secondary N) is 2. The summed E-state index contributed by atoms with van der Waals surface area (Å²) in [6, 6.07) is -1.39. The normalized spacial score (nSPS) is 13.2. The molecule has 0 rings (SSSR count). The zero-order chi connectivity index (χ0) is 36.2. The lowest BCUT2D eigenvalue weighted by molar-refractivity contribution is -0.145. The number of esters is 1. The molecule has 0 saturated heterocycles. The van der Waals surface area contributed by atoms with Crippen molar-refractivity contribution < 1.29 is 34.1 Å². The molecule has 0 spiro atoms. The Balaban J connectivity index is 4.24.